The topological polar surface area (TPSA) is 32.8 Å². The molecule has 1 rings (SSSR count). The minimum Gasteiger partial charge on any atom is -0.394 e. The number of epoxide rings is 1. The van der Waals surface area contributed by atoms with E-state index < -0.39 is 0 Å². The molecule has 96 valence electrons. The summed E-state index contributed by atoms with van der Waals surface area (Å²) in [7, 11) is 0. The summed E-state index contributed by atoms with van der Waals surface area (Å²) in [6.45, 7) is 2.32. The molecule has 0 amide bonds. The summed E-state index contributed by atoms with van der Waals surface area (Å²) >= 11 is 0. The van der Waals surface area contributed by atoms with Gasteiger partial charge in [0.15, 0.2) is 0 Å². The van der Waals surface area contributed by atoms with Crippen molar-refractivity contribution in [1.29, 1.82) is 0 Å². The van der Waals surface area contributed by atoms with Crippen molar-refractivity contribution in [2.45, 2.75) is 51.2 Å². The molecule has 1 heterocycles. The second-order valence-corrected chi connectivity index (χ2v) is 4.27. The van der Waals surface area contributed by atoms with Crippen LogP contribution in [0.1, 0.15) is 39.0 Å². The van der Waals surface area contributed by atoms with E-state index in [4.69, 9.17) is 9.84 Å². The zero-order chi connectivity index (χ0) is 12.3. The van der Waals surface area contributed by atoms with E-state index in [2.05, 4.69) is 43.4 Å². The van der Waals surface area contributed by atoms with E-state index in [0.29, 0.717) is 6.10 Å². The molecule has 0 aromatic rings. The minimum absolute atomic E-state index is 0.119. The van der Waals surface area contributed by atoms with Crippen molar-refractivity contribution in [2.75, 3.05) is 6.61 Å². The molecule has 1 fully saturated rings. The SMILES string of the molecule is CC/C=C\C/C=C\C/C=C\CC[C@H]1O[C@@H]1CO. The Kier molecular flexibility index (Phi) is 7.69. The van der Waals surface area contributed by atoms with E-state index in [1.807, 2.05) is 0 Å². The molecule has 2 atom stereocenters. The smallest absolute Gasteiger partial charge is 0.107 e. The van der Waals surface area contributed by atoms with Crippen LogP contribution in [0.2, 0.25) is 0 Å². The van der Waals surface area contributed by atoms with Crippen LogP contribution in [0.5, 0.6) is 0 Å². The van der Waals surface area contributed by atoms with Crippen molar-refractivity contribution in [3.05, 3.63) is 36.5 Å². The molecule has 1 saturated heterocycles. The Balaban J connectivity index is 1.90. The van der Waals surface area contributed by atoms with Crippen LogP contribution in [0, 0.1) is 0 Å². The second-order valence-electron chi connectivity index (χ2n) is 4.27. The molecule has 1 N–H and O–H groups in total. The van der Waals surface area contributed by atoms with Gasteiger partial charge in [0.25, 0.3) is 0 Å². The summed E-state index contributed by atoms with van der Waals surface area (Å²) in [6, 6.07) is 0. The molecule has 0 aromatic heterocycles. The highest BCUT2D eigenvalue weighted by Crippen LogP contribution is 2.25. The number of ether oxygens (including phenoxy) is 1. The lowest BCUT2D eigenvalue weighted by Crippen LogP contribution is -1.97. The van der Waals surface area contributed by atoms with Gasteiger partial charge in [0.05, 0.1) is 12.7 Å². The molecule has 0 unspecified atom stereocenters. The number of allylic oxidation sites excluding steroid dienone is 6. The highest BCUT2D eigenvalue weighted by Gasteiger charge is 2.36. The minimum atomic E-state index is 0.119. The molecule has 0 spiro atoms. The number of rotatable bonds is 9. The van der Waals surface area contributed by atoms with Crippen molar-refractivity contribution in [3.8, 4) is 0 Å². The average molecular weight is 236 g/mol. The first-order valence-corrected chi connectivity index (χ1v) is 6.59. The Labute approximate surface area is 105 Å². The Hall–Kier alpha value is -0.860. The predicted octanol–water partition coefficient (Wildman–Crippen LogP) is 3.39. The van der Waals surface area contributed by atoms with Crippen LogP contribution in [0.25, 0.3) is 0 Å². The van der Waals surface area contributed by atoms with Crippen molar-refractivity contribution < 1.29 is 9.84 Å². The molecular weight excluding hydrogens is 212 g/mol. The van der Waals surface area contributed by atoms with Crippen LogP contribution in [0.3, 0.4) is 0 Å². The highest BCUT2D eigenvalue weighted by atomic mass is 16.6. The Morgan fingerprint density at radius 2 is 1.59 bits per heavy atom. The lowest BCUT2D eigenvalue weighted by Gasteiger charge is -1.89. The van der Waals surface area contributed by atoms with E-state index in [1.54, 1.807) is 0 Å². The van der Waals surface area contributed by atoms with E-state index in [1.165, 1.54) is 0 Å². The number of hydrogen-bond acceptors (Lipinski definition) is 2. The maximum Gasteiger partial charge on any atom is 0.107 e. The first-order valence-electron chi connectivity index (χ1n) is 6.59. The molecule has 0 bridgehead atoms. The van der Waals surface area contributed by atoms with Crippen LogP contribution < -0.4 is 0 Å². The first-order chi connectivity index (χ1) is 8.38. The van der Waals surface area contributed by atoms with Gasteiger partial charge in [0, 0.05) is 0 Å². The van der Waals surface area contributed by atoms with E-state index >= 15 is 0 Å². The van der Waals surface area contributed by atoms with Gasteiger partial charge in [0.2, 0.25) is 0 Å². The highest BCUT2D eigenvalue weighted by molar-refractivity contribution is 4.97. The maximum atomic E-state index is 8.78. The van der Waals surface area contributed by atoms with Crippen LogP contribution in [0.4, 0.5) is 0 Å². The van der Waals surface area contributed by atoms with Crippen molar-refractivity contribution in [1.82, 2.24) is 0 Å². The predicted molar refractivity (Wildman–Crippen MR) is 71.9 cm³/mol. The molecule has 0 aliphatic carbocycles. The van der Waals surface area contributed by atoms with Gasteiger partial charge in [-0.2, -0.15) is 0 Å². The third-order valence-electron chi connectivity index (χ3n) is 2.77. The van der Waals surface area contributed by atoms with Gasteiger partial charge in [-0.25, -0.2) is 0 Å². The van der Waals surface area contributed by atoms with Gasteiger partial charge in [-0.15, -0.1) is 0 Å². The molecule has 2 nitrogen and oxygen atoms in total. The van der Waals surface area contributed by atoms with E-state index in [9.17, 15) is 0 Å². The van der Waals surface area contributed by atoms with Crippen molar-refractivity contribution in [2.24, 2.45) is 0 Å². The standard InChI is InChI=1S/C15H24O2/c1-2-3-4-5-6-7-8-9-10-11-12-14-15(13-16)17-14/h3-4,6-7,9-10,14-16H,2,5,8,11-13H2,1H3/b4-3-,7-6-,10-9-/t14-,15-/m1/s1. The first kappa shape index (κ1) is 14.2. The fourth-order valence-electron chi connectivity index (χ4n) is 1.68. The number of hydrogen-bond donors (Lipinski definition) is 1. The van der Waals surface area contributed by atoms with Crippen molar-refractivity contribution >= 4 is 0 Å². The zero-order valence-electron chi connectivity index (χ0n) is 10.7. The third-order valence-corrected chi connectivity index (χ3v) is 2.77. The van der Waals surface area contributed by atoms with Crippen LogP contribution in [0.15, 0.2) is 36.5 Å². The molecule has 1 aliphatic heterocycles. The summed E-state index contributed by atoms with van der Waals surface area (Å²) in [5.74, 6) is 0. The molecule has 1 aliphatic rings. The van der Waals surface area contributed by atoms with Gasteiger partial charge >= 0.3 is 0 Å². The van der Waals surface area contributed by atoms with Crippen LogP contribution >= 0.6 is 0 Å². The Morgan fingerprint density at radius 3 is 2.18 bits per heavy atom. The lowest BCUT2D eigenvalue weighted by molar-refractivity contribution is 0.241. The van der Waals surface area contributed by atoms with Gasteiger partial charge in [-0.1, -0.05) is 43.4 Å². The van der Waals surface area contributed by atoms with Gasteiger partial charge in [-0.05, 0) is 32.1 Å². The average Bonchev–Trinajstić information content (AvgIpc) is 3.10. The Bertz CT molecular complexity index is 266. The molecule has 2 heteroatoms. The lowest BCUT2D eigenvalue weighted by atomic mass is 10.2. The molecular formula is C15H24O2. The van der Waals surface area contributed by atoms with Gasteiger partial charge < -0.3 is 9.84 Å². The monoisotopic (exact) mass is 236 g/mol. The molecule has 0 aromatic carbocycles. The second kappa shape index (κ2) is 9.20. The molecule has 17 heavy (non-hydrogen) atoms. The normalized spacial score (nSPS) is 24.4. The summed E-state index contributed by atoms with van der Waals surface area (Å²) in [4.78, 5) is 0. The third kappa shape index (κ3) is 7.14. The summed E-state index contributed by atoms with van der Waals surface area (Å²) in [6.07, 6.45) is 18.8. The fraction of sp³-hybridized carbons (Fsp3) is 0.600. The molecule has 0 radical (unpaired) electrons. The van der Waals surface area contributed by atoms with Crippen LogP contribution in [-0.4, -0.2) is 23.9 Å². The summed E-state index contributed by atoms with van der Waals surface area (Å²) in [5.41, 5.74) is 0. The molecule has 0 saturated carbocycles. The van der Waals surface area contributed by atoms with Crippen molar-refractivity contribution in [3.63, 3.8) is 0 Å². The quantitative estimate of drug-likeness (QED) is 0.491. The van der Waals surface area contributed by atoms with Gasteiger partial charge in [-0.3, -0.25) is 0 Å². The zero-order valence-corrected chi connectivity index (χ0v) is 10.7. The Morgan fingerprint density at radius 1 is 0.941 bits per heavy atom. The van der Waals surface area contributed by atoms with E-state index in [-0.39, 0.29) is 12.7 Å². The van der Waals surface area contributed by atoms with E-state index in [0.717, 1.165) is 32.1 Å². The fourth-order valence-corrected chi connectivity index (χ4v) is 1.68. The maximum absolute atomic E-state index is 8.78. The summed E-state index contributed by atoms with van der Waals surface area (Å²) < 4.78 is 5.24. The number of aliphatic hydroxyl groups is 1. The van der Waals surface area contributed by atoms with Gasteiger partial charge in [0.1, 0.15) is 6.10 Å². The number of aliphatic hydroxyl groups excluding tert-OH is 1. The van der Waals surface area contributed by atoms with Crippen LogP contribution in [-0.2, 0) is 4.74 Å². The largest absolute Gasteiger partial charge is 0.394 e. The summed E-state index contributed by atoms with van der Waals surface area (Å²) in [5, 5.41) is 8.78.